The second-order valence-electron chi connectivity index (χ2n) is 6.90. The molecule has 0 unspecified atom stereocenters. The zero-order valence-corrected chi connectivity index (χ0v) is 13.4. The Balaban J connectivity index is 3.61. The number of hydrogen-bond acceptors (Lipinski definition) is 4. The van der Waals surface area contributed by atoms with Crippen molar-refractivity contribution in [3.8, 4) is 0 Å². The first-order chi connectivity index (χ1) is 8.98. The van der Waals surface area contributed by atoms with Crippen LogP contribution in [0.25, 0.3) is 0 Å². The van der Waals surface area contributed by atoms with Crippen LogP contribution in [0.15, 0.2) is 15.3 Å². The molecule has 0 fully saturated rings. The Labute approximate surface area is 120 Å². The standard InChI is InChI=1S/C16H24O4/c1-8-19-14(18)12-10(17)9-11(15(2,3)4)20-13(12)16(5,6)7/h9H,8H2,1-7H3. The summed E-state index contributed by atoms with van der Waals surface area (Å²) in [6.07, 6.45) is 0. The molecule has 0 radical (unpaired) electrons. The van der Waals surface area contributed by atoms with Gasteiger partial charge >= 0.3 is 5.97 Å². The molecule has 0 amide bonds. The van der Waals surface area contributed by atoms with Crippen molar-refractivity contribution in [2.24, 2.45) is 0 Å². The van der Waals surface area contributed by atoms with Crippen LogP contribution in [0.4, 0.5) is 0 Å². The minimum absolute atomic E-state index is 0.00681. The monoisotopic (exact) mass is 280 g/mol. The third kappa shape index (κ3) is 3.50. The van der Waals surface area contributed by atoms with Gasteiger partial charge in [-0.15, -0.1) is 0 Å². The van der Waals surface area contributed by atoms with Crippen LogP contribution in [0, 0.1) is 0 Å². The van der Waals surface area contributed by atoms with E-state index in [1.54, 1.807) is 6.92 Å². The molecule has 0 aromatic carbocycles. The van der Waals surface area contributed by atoms with Crippen LogP contribution in [0.2, 0.25) is 0 Å². The highest BCUT2D eigenvalue weighted by Gasteiger charge is 2.31. The Kier molecular flexibility index (Phi) is 4.47. The van der Waals surface area contributed by atoms with Crippen LogP contribution < -0.4 is 5.43 Å². The van der Waals surface area contributed by atoms with Crippen molar-refractivity contribution in [1.29, 1.82) is 0 Å². The largest absolute Gasteiger partial charge is 0.464 e. The molecule has 0 aliphatic heterocycles. The zero-order valence-electron chi connectivity index (χ0n) is 13.4. The summed E-state index contributed by atoms with van der Waals surface area (Å²) < 4.78 is 10.9. The van der Waals surface area contributed by atoms with Crippen LogP contribution in [0.3, 0.4) is 0 Å². The minimum Gasteiger partial charge on any atom is -0.464 e. The Hall–Kier alpha value is -1.58. The fraction of sp³-hybridized carbons (Fsp3) is 0.625. The second kappa shape index (κ2) is 5.43. The molecule has 112 valence electrons. The summed E-state index contributed by atoms with van der Waals surface area (Å²) in [6.45, 7) is 13.5. The molecule has 0 aliphatic rings. The Morgan fingerprint density at radius 2 is 1.70 bits per heavy atom. The summed E-state index contributed by atoms with van der Waals surface area (Å²) in [5.74, 6) is 0.334. The van der Waals surface area contributed by atoms with E-state index in [-0.39, 0.29) is 23.0 Å². The van der Waals surface area contributed by atoms with Gasteiger partial charge in [-0.2, -0.15) is 0 Å². The van der Waals surface area contributed by atoms with Crippen molar-refractivity contribution in [3.63, 3.8) is 0 Å². The van der Waals surface area contributed by atoms with Gasteiger partial charge in [-0.1, -0.05) is 41.5 Å². The van der Waals surface area contributed by atoms with E-state index in [9.17, 15) is 9.59 Å². The van der Waals surface area contributed by atoms with Crippen molar-refractivity contribution in [1.82, 2.24) is 0 Å². The van der Waals surface area contributed by atoms with Gasteiger partial charge in [-0.05, 0) is 6.92 Å². The molecule has 20 heavy (non-hydrogen) atoms. The first-order valence-corrected chi connectivity index (χ1v) is 6.84. The summed E-state index contributed by atoms with van der Waals surface area (Å²) in [5.41, 5.74) is -1.09. The molecule has 1 rings (SSSR count). The third-order valence-electron chi connectivity index (χ3n) is 2.85. The summed E-state index contributed by atoms with van der Waals surface area (Å²) in [4.78, 5) is 24.3. The maximum Gasteiger partial charge on any atom is 0.345 e. The quantitative estimate of drug-likeness (QED) is 0.779. The SMILES string of the molecule is CCOC(=O)c1c(C(C)(C)C)oc(C(C)(C)C)cc1=O. The fourth-order valence-corrected chi connectivity index (χ4v) is 1.79. The van der Waals surface area contributed by atoms with Gasteiger partial charge in [0, 0.05) is 16.9 Å². The highest BCUT2D eigenvalue weighted by molar-refractivity contribution is 5.90. The maximum absolute atomic E-state index is 12.3. The molecule has 4 heteroatoms. The predicted octanol–water partition coefficient (Wildman–Crippen LogP) is 3.41. The van der Waals surface area contributed by atoms with Crippen molar-refractivity contribution >= 4 is 5.97 Å². The highest BCUT2D eigenvalue weighted by atomic mass is 16.5. The van der Waals surface area contributed by atoms with Crippen LogP contribution in [0.5, 0.6) is 0 Å². The topological polar surface area (TPSA) is 56.5 Å². The number of carbonyl (C=O) groups is 1. The van der Waals surface area contributed by atoms with Gasteiger partial charge in [0.2, 0.25) is 0 Å². The molecular formula is C16H24O4. The van der Waals surface area contributed by atoms with E-state index in [0.717, 1.165) is 0 Å². The summed E-state index contributed by atoms with van der Waals surface area (Å²) in [5, 5.41) is 0. The number of esters is 1. The van der Waals surface area contributed by atoms with Crippen LogP contribution >= 0.6 is 0 Å². The van der Waals surface area contributed by atoms with Crippen molar-refractivity contribution < 1.29 is 13.9 Å². The van der Waals surface area contributed by atoms with Crippen molar-refractivity contribution in [2.75, 3.05) is 6.61 Å². The number of rotatable bonds is 2. The average molecular weight is 280 g/mol. The molecule has 0 saturated heterocycles. The molecule has 0 N–H and O–H groups in total. The van der Waals surface area contributed by atoms with E-state index in [1.165, 1.54) is 6.07 Å². The molecule has 0 atom stereocenters. The lowest BCUT2D eigenvalue weighted by Crippen LogP contribution is -2.28. The van der Waals surface area contributed by atoms with E-state index in [1.807, 2.05) is 41.5 Å². The predicted molar refractivity (Wildman–Crippen MR) is 78.3 cm³/mol. The number of hydrogen-bond donors (Lipinski definition) is 0. The average Bonchev–Trinajstić information content (AvgIpc) is 2.25. The van der Waals surface area contributed by atoms with Gasteiger partial charge in [0.05, 0.1) is 6.61 Å². The zero-order chi connectivity index (χ0) is 15.7. The smallest absolute Gasteiger partial charge is 0.345 e. The third-order valence-corrected chi connectivity index (χ3v) is 2.85. The van der Waals surface area contributed by atoms with Gasteiger partial charge in [0.25, 0.3) is 0 Å². The minimum atomic E-state index is -0.619. The van der Waals surface area contributed by atoms with Crippen LogP contribution in [-0.2, 0) is 15.6 Å². The Bertz CT molecular complexity index is 553. The van der Waals surface area contributed by atoms with E-state index in [2.05, 4.69) is 0 Å². The van der Waals surface area contributed by atoms with E-state index in [4.69, 9.17) is 9.15 Å². The molecule has 4 nitrogen and oxygen atoms in total. The number of carbonyl (C=O) groups excluding carboxylic acids is 1. The van der Waals surface area contributed by atoms with Crippen molar-refractivity contribution in [3.05, 3.63) is 33.4 Å². The van der Waals surface area contributed by atoms with E-state index < -0.39 is 11.4 Å². The summed E-state index contributed by atoms with van der Waals surface area (Å²) in [6, 6.07) is 1.39. The fourth-order valence-electron chi connectivity index (χ4n) is 1.79. The Morgan fingerprint density at radius 3 is 2.10 bits per heavy atom. The van der Waals surface area contributed by atoms with E-state index >= 15 is 0 Å². The molecule has 1 aromatic heterocycles. The molecule has 1 aromatic rings. The lowest BCUT2D eigenvalue weighted by molar-refractivity contribution is 0.0516. The molecule has 0 saturated carbocycles. The maximum atomic E-state index is 12.3. The molecule has 0 spiro atoms. The molecular weight excluding hydrogens is 256 g/mol. The van der Waals surface area contributed by atoms with Gasteiger partial charge in [-0.3, -0.25) is 4.79 Å². The van der Waals surface area contributed by atoms with Crippen LogP contribution in [0.1, 0.15) is 70.3 Å². The van der Waals surface area contributed by atoms with E-state index in [0.29, 0.717) is 11.5 Å². The van der Waals surface area contributed by atoms with Crippen molar-refractivity contribution in [2.45, 2.75) is 59.3 Å². The molecule has 1 heterocycles. The molecule has 0 bridgehead atoms. The Morgan fingerprint density at radius 1 is 1.15 bits per heavy atom. The molecule has 0 aliphatic carbocycles. The lowest BCUT2D eigenvalue weighted by atomic mass is 9.87. The van der Waals surface area contributed by atoms with Gasteiger partial charge in [-0.25, -0.2) is 4.79 Å². The lowest BCUT2D eigenvalue weighted by Gasteiger charge is -2.24. The normalized spacial score (nSPS) is 12.3. The first-order valence-electron chi connectivity index (χ1n) is 6.84. The summed E-state index contributed by atoms with van der Waals surface area (Å²) in [7, 11) is 0. The van der Waals surface area contributed by atoms with Crippen LogP contribution in [-0.4, -0.2) is 12.6 Å². The van der Waals surface area contributed by atoms with Gasteiger partial charge < -0.3 is 9.15 Å². The van der Waals surface area contributed by atoms with Gasteiger partial charge in [0.1, 0.15) is 17.1 Å². The second-order valence-corrected chi connectivity index (χ2v) is 6.90. The number of ether oxygens (including phenoxy) is 1. The highest BCUT2D eigenvalue weighted by Crippen LogP contribution is 2.29. The van der Waals surface area contributed by atoms with Gasteiger partial charge in [0.15, 0.2) is 5.43 Å². The first kappa shape index (κ1) is 16.5. The summed E-state index contributed by atoms with van der Waals surface area (Å²) >= 11 is 0.